The summed E-state index contributed by atoms with van der Waals surface area (Å²) in [5.74, 6) is 0. The molecule has 2 nitrogen and oxygen atoms in total. The first kappa shape index (κ1) is 10.1. The molecule has 0 bridgehead atoms. The van der Waals surface area contributed by atoms with Crippen molar-refractivity contribution < 1.29 is 40.4 Å². The summed E-state index contributed by atoms with van der Waals surface area (Å²) in [6.07, 6.45) is 0. The average molecular weight is 311 g/mol. The molecule has 4 heteroatoms. The Morgan fingerprint density at radius 3 is 1.50 bits per heavy atom. The van der Waals surface area contributed by atoms with Gasteiger partial charge in [0.1, 0.15) is 0 Å². The second kappa shape index (κ2) is 9.40. The van der Waals surface area contributed by atoms with Crippen molar-refractivity contribution in [3.63, 3.8) is 0 Å². The Kier molecular flexibility index (Phi) is 15.8. The summed E-state index contributed by atoms with van der Waals surface area (Å²) < 4.78 is 8.69. The van der Waals surface area contributed by atoms with Gasteiger partial charge in [0.15, 0.2) is 0 Å². The van der Waals surface area contributed by atoms with Crippen LogP contribution in [-0.4, -0.2) is 21.9 Å². The molecule has 0 amide bonds. The molecule has 0 aliphatic carbocycles. The van der Waals surface area contributed by atoms with Gasteiger partial charge in [-0.25, -0.2) is 0 Å². The smallest absolute Gasteiger partial charge is 0.416 e. The number of hydrogen-bond donors (Lipinski definition) is 0. The van der Waals surface area contributed by atoms with Crippen molar-refractivity contribution in [1.29, 1.82) is 0 Å². The molecule has 0 rings (SSSR count). The largest absolute Gasteiger partial charge is 0.487 e. The third-order valence-electron chi connectivity index (χ3n) is 0.192. The van der Waals surface area contributed by atoms with Crippen LogP contribution < -0.4 is 0 Å². The van der Waals surface area contributed by atoms with Crippen LogP contribution in [0.5, 0.6) is 0 Å². The Hall–Kier alpha value is 1.04. The van der Waals surface area contributed by atoms with E-state index in [9.17, 15) is 0 Å². The second-order valence-corrected chi connectivity index (χ2v) is 0.568. The topological polar surface area (TPSA) is 18.5 Å². The molecule has 0 aromatic heterocycles. The van der Waals surface area contributed by atoms with Crippen molar-refractivity contribution in [3.05, 3.63) is 0 Å². The fourth-order valence-corrected chi connectivity index (χ4v) is 0.0962. The van der Waals surface area contributed by atoms with E-state index >= 15 is 0 Å². The van der Waals surface area contributed by atoms with Crippen LogP contribution in [0.2, 0.25) is 0 Å². The zero-order valence-electron chi connectivity index (χ0n) is 3.89. The van der Waals surface area contributed by atoms with Crippen LogP contribution >= 0.6 is 0 Å². The Labute approximate surface area is 62.3 Å². The third-order valence-corrected chi connectivity index (χ3v) is 0.192. The molecule has 0 unspecified atom stereocenters. The van der Waals surface area contributed by atoms with Crippen molar-refractivity contribution in [2.45, 2.75) is 0 Å². The molecule has 0 aliphatic rings. The molecule has 0 aliphatic heterocycles. The summed E-state index contributed by atoms with van der Waals surface area (Å²) >= 11 is 0. The molecule has 0 aromatic carbocycles. The second-order valence-electron chi connectivity index (χ2n) is 0.568. The van der Waals surface area contributed by atoms with E-state index in [1.165, 1.54) is 21.9 Å². The van der Waals surface area contributed by atoms with Gasteiger partial charge < -0.3 is 9.31 Å². The van der Waals surface area contributed by atoms with Crippen molar-refractivity contribution >= 4 is 7.69 Å². The molecule has 6 heavy (non-hydrogen) atoms. The zero-order valence-corrected chi connectivity index (χ0v) is 8.06. The molecule has 0 saturated carbocycles. The minimum Gasteiger partial charge on any atom is -0.416 e. The Bertz CT molecular complexity index is 19.0. The van der Waals surface area contributed by atoms with Crippen LogP contribution in [0.25, 0.3) is 0 Å². The van der Waals surface area contributed by atoms with Gasteiger partial charge in [-0.15, -0.1) is 0 Å². The minimum absolute atomic E-state index is 0. The molecule has 0 spiro atoms. The molecule has 1 radical (unpaired) electrons. The summed E-state index contributed by atoms with van der Waals surface area (Å²) in [4.78, 5) is 0. The Morgan fingerprint density at radius 2 is 1.50 bits per heavy atom. The van der Waals surface area contributed by atoms with Gasteiger partial charge in [-0.2, -0.15) is 0 Å². The maximum atomic E-state index is 4.34. The van der Waals surface area contributed by atoms with Gasteiger partial charge in [-0.3, -0.25) is 0 Å². The zero-order chi connectivity index (χ0) is 4.12. The van der Waals surface area contributed by atoms with E-state index in [2.05, 4.69) is 9.31 Å². The molecule has 33 valence electrons. The Balaban J connectivity index is 0. The first-order valence-electron chi connectivity index (χ1n) is 1.29. The quantitative estimate of drug-likeness (QED) is 0.659. The molecule has 0 heterocycles. The molecule has 0 aromatic rings. The molecular weight excluding hydrogens is 305 g/mol. The molecule has 0 atom stereocenters. The van der Waals surface area contributed by atoms with E-state index in [4.69, 9.17) is 0 Å². The summed E-state index contributed by atoms with van der Waals surface area (Å²) in [6, 6.07) is 0. The van der Waals surface area contributed by atoms with Crippen LogP contribution in [0.3, 0.4) is 0 Å². The van der Waals surface area contributed by atoms with Gasteiger partial charge in [-0.05, 0) is 0 Å². The van der Waals surface area contributed by atoms with Crippen LogP contribution in [0.4, 0.5) is 0 Å². The van der Waals surface area contributed by atoms with E-state index in [1.807, 2.05) is 0 Å². The van der Waals surface area contributed by atoms with E-state index in [0.717, 1.165) is 0 Å². The third kappa shape index (κ3) is 8.90. The standard InChI is InChI=1S/C2H6BO2.U/c1-4-3-5-2;/h1-2H3;. The summed E-state index contributed by atoms with van der Waals surface area (Å²) in [5, 5.41) is 0. The fourth-order valence-electron chi connectivity index (χ4n) is 0.0962. The SMILES string of the molecule is CO[B]OC.[U]. The monoisotopic (exact) mass is 311 g/mol. The fraction of sp³-hybridized carbons (Fsp3) is 1.00. The first-order chi connectivity index (χ1) is 2.41. The maximum Gasteiger partial charge on any atom is 0.487 e. The minimum atomic E-state index is 0. The van der Waals surface area contributed by atoms with E-state index in [0.29, 0.717) is 0 Å². The van der Waals surface area contributed by atoms with Crippen LogP contribution in [0, 0.1) is 31.1 Å². The van der Waals surface area contributed by atoms with E-state index in [-0.39, 0.29) is 31.1 Å². The van der Waals surface area contributed by atoms with Crippen molar-refractivity contribution in [3.8, 4) is 0 Å². The van der Waals surface area contributed by atoms with Crippen LogP contribution in [0.15, 0.2) is 0 Å². The van der Waals surface area contributed by atoms with Crippen LogP contribution in [-0.2, 0) is 9.31 Å². The van der Waals surface area contributed by atoms with Crippen molar-refractivity contribution in [1.82, 2.24) is 0 Å². The van der Waals surface area contributed by atoms with Gasteiger partial charge >= 0.3 is 7.69 Å². The summed E-state index contributed by atoms with van der Waals surface area (Å²) in [7, 11) is 4.31. The average Bonchev–Trinajstić information content (AvgIpc) is 1.41. The maximum absolute atomic E-state index is 4.34. The number of hydrogen-bond acceptors (Lipinski definition) is 2. The van der Waals surface area contributed by atoms with Crippen molar-refractivity contribution in [2.24, 2.45) is 0 Å². The van der Waals surface area contributed by atoms with Gasteiger partial charge in [0, 0.05) is 45.3 Å². The van der Waals surface area contributed by atoms with Gasteiger partial charge in [-0.1, -0.05) is 0 Å². The summed E-state index contributed by atoms with van der Waals surface area (Å²) in [6.45, 7) is 0. The van der Waals surface area contributed by atoms with Crippen LogP contribution in [0.1, 0.15) is 0 Å². The molecular formula is C2H6BO2U. The van der Waals surface area contributed by atoms with Gasteiger partial charge in [0.05, 0.1) is 0 Å². The summed E-state index contributed by atoms with van der Waals surface area (Å²) in [5.41, 5.74) is 0. The Morgan fingerprint density at radius 1 is 1.17 bits per heavy atom. The molecule has 0 fully saturated rings. The van der Waals surface area contributed by atoms with Gasteiger partial charge in [0.2, 0.25) is 0 Å². The molecule has 0 N–H and O–H groups in total. The normalized spacial score (nSPS) is 6.33. The molecule has 0 saturated heterocycles. The number of rotatable bonds is 2. The van der Waals surface area contributed by atoms with E-state index < -0.39 is 0 Å². The van der Waals surface area contributed by atoms with E-state index in [1.54, 1.807) is 0 Å². The first-order valence-corrected chi connectivity index (χ1v) is 1.29. The predicted octanol–water partition coefficient (Wildman–Crippen LogP) is -0.187. The van der Waals surface area contributed by atoms with Crippen molar-refractivity contribution in [2.75, 3.05) is 14.2 Å². The van der Waals surface area contributed by atoms with Gasteiger partial charge in [0.25, 0.3) is 0 Å². The predicted molar refractivity (Wildman–Crippen MR) is 19.8 cm³/mol.